The molecule has 0 saturated carbocycles. The third kappa shape index (κ3) is 2.07. The number of hydrogen-bond donors (Lipinski definition) is 2. The van der Waals surface area contributed by atoms with E-state index in [9.17, 15) is 5.11 Å². The number of benzene rings is 2. The number of halogens is 1. The second-order valence-electron chi connectivity index (χ2n) is 4.65. The number of thioether (sulfide) groups is 1. The van der Waals surface area contributed by atoms with Gasteiger partial charge in [0, 0.05) is 27.8 Å². The van der Waals surface area contributed by atoms with Crippen molar-refractivity contribution in [2.24, 2.45) is 5.73 Å². The Labute approximate surface area is 121 Å². The van der Waals surface area contributed by atoms with Crippen molar-refractivity contribution in [2.45, 2.75) is 16.2 Å². The van der Waals surface area contributed by atoms with Gasteiger partial charge in [-0.05, 0) is 29.3 Å². The first-order chi connectivity index (χ1) is 9.15. The molecular weight excluding hydrogens is 278 g/mol. The molecule has 0 aliphatic carbocycles. The predicted molar refractivity (Wildman–Crippen MR) is 79.5 cm³/mol. The van der Waals surface area contributed by atoms with Crippen molar-refractivity contribution < 1.29 is 5.11 Å². The zero-order valence-electron chi connectivity index (χ0n) is 10.3. The van der Waals surface area contributed by atoms with E-state index in [1.165, 1.54) is 0 Å². The normalized spacial score (nSPS) is 21.4. The second kappa shape index (κ2) is 4.84. The highest BCUT2D eigenvalue weighted by atomic mass is 35.5. The second-order valence-corrected chi connectivity index (χ2v) is 6.10. The van der Waals surface area contributed by atoms with Crippen LogP contribution in [0.4, 0.5) is 0 Å². The molecule has 1 heterocycles. The van der Waals surface area contributed by atoms with Crippen LogP contribution in [0.1, 0.15) is 16.7 Å². The van der Waals surface area contributed by atoms with E-state index in [2.05, 4.69) is 0 Å². The van der Waals surface area contributed by atoms with Gasteiger partial charge < -0.3 is 10.8 Å². The number of rotatable bonds is 1. The maximum atomic E-state index is 11.1. The van der Waals surface area contributed by atoms with Crippen molar-refractivity contribution in [1.82, 2.24) is 0 Å². The molecule has 0 aromatic heterocycles. The maximum absolute atomic E-state index is 11.1. The molecule has 1 aliphatic heterocycles. The molecule has 1 unspecified atom stereocenters. The van der Waals surface area contributed by atoms with Gasteiger partial charge in [-0.1, -0.05) is 35.9 Å². The monoisotopic (exact) mass is 291 g/mol. The van der Waals surface area contributed by atoms with Crippen LogP contribution in [0.3, 0.4) is 0 Å². The molecule has 19 heavy (non-hydrogen) atoms. The zero-order valence-corrected chi connectivity index (χ0v) is 11.8. The molecule has 0 saturated heterocycles. The summed E-state index contributed by atoms with van der Waals surface area (Å²) in [6.45, 7) is 0.137. The zero-order chi connectivity index (χ0) is 13.5. The predicted octanol–water partition coefficient (Wildman–Crippen LogP) is 3.14. The molecule has 2 nitrogen and oxygen atoms in total. The molecule has 3 rings (SSSR count). The van der Waals surface area contributed by atoms with Crippen molar-refractivity contribution in [2.75, 3.05) is 6.54 Å². The van der Waals surface area contributed by atoms with Gasteiger partial charge in [0.15, 0.2) is 0 Å². The Balaban J connectivity index is 2.29. The van der Waals surface area contributed by atoms with Gasteiger partial charge in [0.2, 0.25) is 0 Å². The lowest BCUT2D eigenvalue weighted by molar-refractivity contribution is 0.0871. The molecule has 1 aliphatic rings. The highest BCUT2D eigenvalue weighted by molar-refractivity contribution is 7.98. The first-order valence-corrected chi connectivity index (χ1v) is 7.45. The highest BCUT2D eigenvalue weighted by Crippen LogP contribution is 2.43. The summed E-state index contributed by atoms with van der Waals surface area (Å²) in [5, 5.41) is 11.7. The fourth-order valence-electron chi connectivity index (χ4n) is 2.51. The summed E-state index contributed by atoms with van der Waals surface area (Å²) < 4.78 is 0. The lowest BCUT2D eigenvalue weighted by atomic mass is 9.84. The summed E-state index contributed by atoms with van der Waals surface area (Å²) in [6, 6.07) is 13.5. The van der Waals surface area contributed by atoms with Crippen molar-refractivity contribution in [3.8, 4) is 0 Å². The fourth-order valence-corrected chi connectivity index (χ4v) is 3.82. The van der Waals surface area contributed by atoms with E-state index in [0.717, 1.165) is 27.3 Å². The average Bonchev–Trinajstić information content (AvgIpc) is 2.56. The average molecular weight is 292 g/mol. The standard InChI is InChI=1S/C15H14ClNOS/c16-11-6-5-10-8-19-14-4-2-1-3-12(14)15(18,9-17)13(10)7-11/h1-7,18H,8-9,17H2. The maximum Gasteiger partial charge on any atom is 0.128 e. The first-order valence-electron chi connectivity index (χ1n) is 6.09. The molecular formula is C15H14ClNOS. The van der Waals surface area contributed by atoms with Gasteiger partial charge in [-0.15, -0.1) is 11.8 Å². The number of aliphatic hydroxyl groups is 1. The minimum Gasteiger partial charge on any atom is -0.379 e. The van der Waals surface area contributed by atoms with Gasteiger partial charge in [-0.2, -0.15) is 0 Å². The van der Waals surface area contributed by atoms with Gasteiger partial charge in [-0.3, -0.25) is 0 Å². The lowest BCUT2D eigenvalue weighted by Crippen LogP contribution is -2.36. The Morgan fingerprint density at radius 3 is 2.79 bits per heavy atom. The van der Waals surface area contributed by atoms with E-state index in [1.807, 2.05) is 42.5 Å². The molecule has 0 radical (unpaired) electrons. The van der Waals surface area contributed by atoms with Crippen LogP contribution in [-0.2, 0) is 11.4 Å². The number of nitrogens with two attached hydrogens (primary N) is 1. The lowest BCUT2D eigenvalue weighted by Gasteiger charge is -2.29. The van der Waals surface area contributed by atoms with Gasteiger partial charge >= 0.3 is 0 Å². The summed E-state index contributed by atoms with van der Waals surface area (Å²) in [5.74, 6) is 0.811. The smallest absolute Gasteiger partial charge is 0.128 e. The van der Waals surface area contributed by atoms with E-state index in [1.54, 1.807) is 11.8 Å². The third-order valence-electron chi connectivity index (χ3n) is 3.53. The molecule has 1 atom stereocenters. The summed E-state index contributed by atoms with van der Waals surface area (Å²) in [4.78, 5) is 1.07. The van der Waals surface area contributed by atoms with Crippen molar-refractivity contribution >= 4 is 23.4 Å². The van der Waals surface area contributed by atoms with Crippen LogP contribution < -0.4 is 5.73 Å². The quantitative estimate of drug-likeness (QED) is 0.848. The molecule has 2 aromatic carbocycles. The summed E-state index contributed by atoms with van der Waals surface area (Å²) in [5.41, 5.74) is 7.48. The Kier molecular flexibility index (Phi) is 3.31. The van der Waals surface area contributed by atoms with Crippen LogP contribution in [-0.4, -0.2) is 11.7 Å². The summed E-state index contributed by atoms with van der Waals surface area (Å²) in [6.07, 6.45) is 0. The molecule has 0 amide bonds. The van der Waals surface area contributed by atoms with E-state index in [4.69, 9.17) is 17.3 Å². The number of fused-ring (bicyclic) bond motifs is 2. The minimum absolute atomic E-state index is 0.137. The third-order valence-corrected chi connectivity index (χ3v) is 4.89. The topological polar surface area (TPSA) is 46.2 Å². The molecule has 3 N–H and O–H groups in total. The molecule has 2 aromatic rings. The largest absolute Gasteiger partial charge is 0.379 e. The Morgan fingerprint density at radius 2 is 2.00 bits per heavy atom. The first kappa shape index (κ1) is 13.0. The van der Waals surface area contributed by atoms with E-state index >= 15 is 0 Å². The van der Waals surface area contributed by atoms with E-state index in [0.29, 0.717) is 5.02 Å². The molecule has 0 spiro atoms. The van der Waals surface area contributed by atoms with E-state index in [-0.39, 0.29) is 6.54 Å². The van der Waals surface area contributed by atoms with E-state index < -0.39 is 5.60 Å². The minimum atomic E-state index is -1.17. The van der Waals surface area contributed by atoms with Gasteiger partial charge in [0.1, 0.15) is 5.60 Å². The van der Waals surface area contributed by atoms with Crippen molar-refractivity contribution in [1.29, 1.82) is 0 Å². The SMILES string of the molecule is NCC1(O)c2cc(Cl)ccc2CSc2ccccc21. The summed E-state index contributed by atoms with van der Waals surface area (Å²) >= 11 is 7.80. The fraction of sp³-hybridized carbons (Fsp3) is 0.200. The van der Waals surface area contributed by atoms with Crippen LogP contribution in [0.25, 0.3) is 0 Å². The highest BCUT2D eigenvalue weighted by Gasteiger charge is 2.36. The van der Waals surface area contributed by atoms with Gasteiger partial charge in [0.25, 0.3) is 0 Å². The van der Waals surface area contributed by atoms with Crippen LogP contribution in [0.15, 0.2) is 47.4 Å². The van der Waals surface area contributed by atoms with Crippen LogP contribution >= 0.6 is 23.4 Å². The molecule has 0 bridgehead atoms. The van der Waals surface area contributed by atoms with Crippen LogP contribution in [0.2, 0.25) is 5.02 Å². The van der Waals surface area contributed by atoms with Gasteiger partial charge in [0.05, 0.1) is 0 Å². The Morgan fingerprint density at radius 1 is 1.21 bits per heavy atom. The summed E-state index contributed by atoms with van der Waals surface area (Å²) in [7, 11) is 0. The molecule has 4 heteroatoms. The van der Waals surface area contributed by atoms with Crippen LogP contribution in [0, 0.1) is 0 Å². The Hall–Kier alpha value is -1.00. The van der Waals surface area contributed by atoms with Crippen molar-refractivity contribution in [3.05, 3.63) is 64.2 Å². The molecule has 0 fully saturated rings. The number of hydrogen-bond acceptors (Lipinski definition) is 3. The van der Waals surface area contributed by atoms with Crippen LogP contribution in [0.5, 0.6) is 0 Å². The van der Waals surface area contributed by atoms with Crippen molar-refractivity contribution in [3.63, 3.8) is 0 Å². The van der Waals surface area contributed by atoms with Gasteiger partial charge in [-0.25, -0.2) is 0 Å². The Bertz CT molecular complexity index is 631. The molecule has 98 valence electrons.